The summed E-state index contributed by atoms with van der Waals surface area (Å²) in [4.78, 5) is 2.46. The highest BCUT2D eigenvalue weighted by Gasteiger charge is 2.47. The van der Waals surface area contributed by atoms with Gasteiger partial charge in [0, 0.05) is 16.6 Å². The average Bonchev–Trinajstić information content (AvgIpc) is 4.06. The molecule has 14 rings (SSSR count). The van der Waals surface area contributed by atoms with E-state index in [-0.39, 0.29) is 0 Å². The fraction of sp³-hybridized carbons (Fsp3) is 0.0141. The highest BCUT2D eigenvalue weighted by Crippen LogP contribution is 2.60. The van der Waals surface area contributed by atoms with E-state index in [1.807, 2.05) is 6.07 Å². The van der Waals surface area contributed by atoms with Gasteiger partial charge in [-0.15, -0.1) is 0 Å². The first-order valence-corrected chi connectivity index (χ1v) is 25.1. The molecule has 0 aliphatic heterocycles. The van der Waals surface area contributed by atoms with Crippen LogP contribution in [0, 0.1) is 0 Å². The SMILES string of the molecule is c1ccc(C2(c3ccccc3)c3ccccc3-c3c(N(c4ccc(-c5ccc(-c6ccc(-c7ccc(-c8ccc9ccccc9c8)cc7)cc6)cc5)cc4)c4cccc5oc6ccccc6c45)cccc32)cc1. The highest BCUT2D eigenvalue weighted by atomic mass is 16.3. The molecule has 0 amide bonds. The van der Waals surface area contributed by atoms with Gasteiger partial charge >= 0.3 is 0 Å². The van der Waals surface area contributed by atoms with Crippen LogP contribution in [0.15, 0.2) is 290 Å². The second-order valence-corrected chi connectivity index (χ2v) is 19.2. The average molecular weight is 930 g/mol. The van der Waals surface area contributed by atoms with Crippen LogP contribution in [0.3, 0.4) is 0 Å². The normalized spacial score (nSPS) is 12.5. The van der Waals surface area contributed by atoms with Gasteiger partial charge in [-0.25, -0.2) is 0 Å². The van der Waals surface area contributed by atoms with Crippen molar-refractivity contribution in [2.45, 2.75) is 5.41 Å². The van der Waals surface area contributed by atoms with Crippen molar-refractivity contribution in [3.05, 3.63) is 307 Å². The number of fused-ring (bicyclic) bond motifs is 7. The summed E-state index contributed by atoms with van der Waals surface area (Å²) in [6.45, 7) is 0. The summed E-state index contributed by atoms with van der Waals surface area (Å²) in [6.07, 6.45) is 0. The van der Waals surface area contributed by atoms with E-state index in [2.05, 4.69) is 284 Å². The summed E-state index contributed by atoms with van der Waals surface area (Å²) in [5, 5.41) is 4.70. The van der Waals surface area contributed by atoms with Crippen molar-refractivity contribution in [1.29, 1.82) is 0 Å². The maximum Gasteiger partial charge on any atom is 0.137 e. The van der Waals surface area contributed by atoms with Crippen LogP contribution >= 0.6 is 0 Å². The Morgan fingerprint density at radius 2 is 0.753 bits per heavy atom. The smallest absolute Gasteiger partial charge is 0.137 e. The Morgan fingerprint density at radius 1 is 0.301 bits per heavy atom. The Kier molecular flexibility index (Phi) is 10.1. The lowest BCUT2D eigenvalue weighted by atomic mass is 9.68. The maximum absolute atomic E-state index is 6.56. The van der Waals surface area contributed by atoms with Crippen LogP contribution in [-0.4, -0.2) is 0 Å². The number of hydrogen-bond acceptors (Lipinski definition) is 2. The number of furan rings is 1. The number of anilines is 3. The fourth-order valence-corrected chi connectivity index (χ4v) is 11.7. The Labute approximate surface area is 425 Å². The number of nitrogens with zero attached hydrogens (tertiary/aromatic N) is 1. The zero-order chi connectivity index (χ0) is 48.3. The fourth-order valence-electron chi connectivity index (χ4n) is 11.7. The van der Waals surface area contributed by atoms with Crippen LogP contribution in [0.2, 0.25) is 0 Å². The Bertz CT molecular complexity index is 4110. The predicted octanol–water partition coefficient (Wildman–Crippen LogP) is 19.2. The zero-order valence-corrected chi connectivity index (χ0v) is 40.0. The van der Waals surface area contributed by atoms with Crippen molar-refractivity contribution in [2.75, 3.05) is 4.90 Å². The van der Waals surface area contributed by atoms with E-state index in [1.165, 1.54) is 77.5 Å². The number of hydrogen-bond donors (Lipinski definition) is 0. The van der Waals surface area contributed by atoms with Crippen LogP contribution in [0.25, 0.3) is 88.3 Å². The van der Waals surface area contributed by atoms with Crippen molar-refractivity contribution in [3.8, 4) is 55.6 Å². The minimum atomic E-state index is -0.533. The third-order valence-electron chi connectivity index (χ3n) is 15.2. The van der Waals surface area contributed by atoms with E-state index in [4.69, 9.17) is 4.42 Å². The quantitative estimate of drug-likeness (QED) is 0.143. The minimum Gasteiger partial charge on any atom is -0.456 e. The second-order valence-electron chi connectivity index (χ2n) is 19.2. The molecule has 13 aromatic rings. The van der Waals surface area contributed by atoms with Crippen LogP contribution in [0.1, 0.15) is 22.3 Å². The molecule has 2 nitrogen and oxygen atoms in total. The molecule has 1 aliphatic carbocycles. The Morgan fingerprint density at radius 3 is 1.38 bits per heavy atom. The summed E-state index contributed by atoms with van der Waals surface area (Å²) < 4.78 is 6.56. The molecule has 73 heavy (non-hydrogen) atoms. The van der Waals surface area contributed by atoms with Gasteiger partial charge < -0.3 is 9.32 Å². The molecule has 0 atom stereocenters. The van der Waals surface area contributed by atoms with Gasteiger partial charge in [-0.1, -0.05) is 243 Å². The molecule has 1 aliphatic rings. The van der Waals surface area contributed by atoms with Crippen molar-refractivity contribution in [1.82, 2.24) is 0 Å². The van der Waals surface area contributed by atoms with Crippen molar-refractivity contribution in [3.63, 3.8) is 0 Å². The van der Waals surface area contributed by atoms with E-state index in [0.29, 0.717) is 0 Å². The molecule has 0 fully saturated rings. The van der Waals surface area contributed by atoms with Gasteiger partial charge in [0.1, 0.15) is 11.2 Å². The van der Waals surface area contributed by atoms with Crippen LogP contribution in [-0.2, 0) is 5.41 Å². The molecule has 0 bridgehead atoms. The summed E-state index contributed by atoms with van der Waals surface area (Å²) in [5.41, 5.74) is 21.5. The number of para-hydroxylation sites is 1. The Balaban J connectivity index is 0.826. The van der Waals surface area contributed by atoms with Gasteiger partial charge in [0.25, 0.3) is 0 Å². The minimum absolute atomic E-state index is 0.533. The number of benzene rings is 12. The first-order chi connectivity index (χ1) is 36.2. The molecule has 2 heteroatoms. The van der Waals surface area contributed by atoms with Crippen molar-refractivity contribution >= 4 is 49.8 Å². The van der Waals surface area contributed by atoms with Gasteiger partial charge in [0.05, 0.1) is 22.2 Å². The van der Waals surface area contributed by atoms with Crippen LogP contribution in [0.4, 0.5) is 17.1 Å². The topological polar surface area (TPSA) is 16.4 Å². The van der Waals surface area contributed by atoms with Crippen molar-refractivity contribution < 1.29 is 4.42 Å². The summed E-state index contributed by atoms with van der Waals surface area (Å²) in [5.74, 6) is 0. The van der Waals surface area contributed by atoms with Gasteiger partial charge in [-0.2, -0.15) is 0 Å². The van der Waals surface area contributed by atoms with Crippen LogP contribution < -0.4 is 4.90 Å². The zero-order valence-electron chi connectivity index (χ0n) is 40.0. The van der Waals surface area contributed by atoms with E-state index in [9.17, 15) is 0 Å². The Hall–Kier alpha value is -9.50. The molecule has 342 valence electrons. The summed E-state index contributed by atoms with van der Waals surface area (Å²) >= 11 is 0. The molecule has 0 N–H and O–H groups in total. The van der Waals surface area contributed by atoms with Crippen molar-refractivity contribution in [2.24, 2.45) is 0 Å². The first-order valence-electron chi connectivity index (χ1n) is 25.1. The molecule has 0 unspecified atom stereocenters. The molecule has 1 heterocycles. The third-order valence-corrected chi connectivity index (χ3v) is 15.2. The molecule has 0 spiro atoms. The maximum atomic E-state index is 6.56. The van der Waals surface area contributed by atoms with E-state index >= 15 is 0 Å². The molecule has 1 aromatic heterocycles. The standard InChI is InChI=1S/C71H47NO/c1-3-17-58(18-4-1)71(59-19-5-2-6-20-59)63-23-11-9-21-61(63)69-64(71)24-13-25-65(69)72(66-26-14-28-68-70(66)62-22-10-12-27-67(62)73-68)60-45-43-54(44-46-60)53-35-33-50(34-36-53)49-29-31-51(32-30-49)52-37-39-55(40-38-52)57-42-41-48-15-7-8-16-56(48)47-57/h1-47H. The van der Waals surface area contributed by atoms with E-state index in [0.717, 1.165) is 50.1 Å². The summed E-state index contributed by atoms with van der Waals surface area (Å²) in [6, 6.07) is 104. The molecule has 12 aromatic carbocycles. The van der Waals surface area contributed by atoms with E-state index in [1.54, 1.807) is 0 Å². The second kappa shape index (κ2) is 17.4. The van der Waals surface area contributed by atoms with Gasteiger partial charge in [-0.3, -0.25) is 0 Å². The van der Waals surface area contributed by atoms with Gasteiger partial charge in [0.2, 0.25) is 0 Å². The molecular formula is C71H47NO. The molecule has 0 saturated carbocycles. The van der Waals surface area contributed by atoms with Gasteiger partial charge in [-0.05, 0) is 126 Å². The number of rotatable bonds is 9. The molecular weight excluding hydrogens is 883 g/mol. The molecule has 0 saturated heterocycles. The van der Waals surface area contributed by atoms with E-state index < -0.39 is 5.41 Å². The highest BCUT2D eigenvalue weighted by molar-refractivity contribution is 6.14. The van der Waals surface area contributed by atoms with Crippen LogP contribution in [0.5, 0.6) is 0 Å². The predicted molar refractivity (Wildman–Crippen MR) is 305 cm³/mol. The molecule has 0 radical (unpaired) electrons. The monoisotopic (exact) mass is 929 g/mol. The largest absolute Gasteiger partial charge is 0.456 e. The first kappa shape index (κ1) is 42.4. The summed E-state index contributed by atoms with van der Waals surface area (Å²) in [7, 11) is 0. The third kappa shape index (κ3) is 7.02. The van der Waals surface area contributed by atoms with Gasteiger partial charge in [0.15, 0.2) is 0 Å². The lowest BCUT2D eigenvalue weighted by Gasteiger charge is -2.34. The lowest BCUT2D eigenvalue weighted by molar-refractivity contribution is 0.669. The lowest BCUT2D eigenvalue weighted by Crippen LogP contribution is -2.28.